The molecule has 1 aromatic heterocycles. The van der Waals surface area contributed by atoms with Crippen LogP contribution in [0.5, 0.6) is 0 Å². The molecule has 5 heteroatoms. The summed E-state index contributed by atoms with van der Waals surface area (Å²) in [4.78, 5) is 11.6. The maximum Gasteiger partial charge on any atom is 0.252 e. The Morgan fingerprint density at radius 3 is 2.86 bits per heavy atom. The van der Waals surface area contributed by atoms with E-state index in [9.17, 15) is 4.79 Å². The zero-order valence-electron chi connectivity index (χ0n) is 7.50. The zero-order valence-corrected chi connectivity index (χ0v) is 10.5. The molecule has 1 aliphatic carbocycles. The number of hydrogen-bond donors (Lipinski definition) is 2. The second kappa shape index (κ2) is 4.16. The van der Waals surface area contributed by atoms with E-state index in [0.717, 1.165) is 21.3 Å². The van der Waals surface area contributed by atoms with Gasteiger partial charge in [0.1, 0.15) is 0 Å². The molecular formula is C9H11IN2OS. The standard InChI is InChI=1S/C9H11IN2OS/c10-8-1-5(4-14-8)9(13)12-7-2-6(11)3-7/h1,4,6-7H,2-3,11H2,(H,12,13). The molecule has 0 atom stereocenters. The van der Waals surface area contributed by atoms with Crippen LogP contribution in [0.3, 0.4) is 0 Å². The summed E-state index contributed by atoms with van der Waals surface area (Å²) in [7, 11) is 0. The molecule has 3 N–H and O–H groups in total. The molecule has 0 aromatic carbocycles. The highest BCUT2D eigenvalue weighted by atomic mass is 127. The molecule has 0 aliphatic heterocycles. The van der Waals surface area contributed by atoms with Crippen LogP contribution >= 0.6 is 33.9 Å². The van der Waals surface area contributed by atoms with Gasteiger partial charge in [-0.2, -0.15) is 0 Å². The number of rotatable bonds is 2. The van der Waals surface area contributed by atoms with Crippen LogP contribution in [-0.2, 0) is 0 Å². The van der Waals surface area contributed by atoms with Gasteiger partial charge in [-0.15, -0.1) is 11.3 Å². The number of nitrogens with two attached hydrogens (primary N) is 1. The van der Waals surface area contributed by atoms with Gasteiger partial charge < -0.3 is 11.1 Å². The molecule has 3 nitrogen and oxygen atoms in total. The Kier molecular flexibility index (Phi) is 3.08. The lowest BCUT2D eigenvalue weighted by molar-refractivity contribution is 0.0910. The minimum absolute atomic E-state index is 0.0288. The summed E-state index contributed by atoms with van der Waals surface area (Å²) in [5.41, 5.74) is 6.40. The second-order valence-corrected chi connectivity index (χ2v) is 6.35. The number of carbonyl (C=O) groups excluding carboxylic acids is 1. The largest absolute Gasteiger partial charge is 0.349 e. The molecule has 0 bridgehead atoms. The fourth-order valence-electron chi connectivity index (χ4n) is 1.48. The highest BCUT2D eigenvalue weighted by Crippen LogP contribution is 2.20. The summed E-state index contributed by atoms with van der Waals surface area (Å²) >= 11 is 3.80. The highest BCUT2D eigenvalue weighted by Gasteiger charge is 2.27. The van der Waals surface area contributed by atoms with Crippen LogP contribution < -0.4 is 11.1 Å². The lowest BCUT2D eigenvalue weighted by Gasteiger charge is -2.32. The SMILES string of the molecule is NC1CC(NC(=O)c2csc(I)c2)C1. The Hall–Kier alpha value is -0.140. The van der Waals surface area contributed by atoms with Crippen molar-refractivity contribution >= 4 is 39.8 Å². The molecular weight excluding hydrogens is 311 g/mol. The minimum atomic E-state index is 0.0288. The van der Waals surface area contributed by atoms with E-state index in [1.54, 1.807) is 11.3 Å². The van der Waals surface area contributed by atoms with Crippen molar-refractivity contribution in [2.75, 3.05) is 0 Å². The Morgan fingerprint density at radius 1 is 1.64 bits per heavy atom. The van der Waals surface area contributed by atoms with E-state index in [0.29, 0.717) is 0 Å². The molecule has 0 saturated heterocycles. The van der Waals surface area contributed by atoms with Crippen LogP contribution in [0.4, 0.5) is 0 Å². The first kappa shape index (κ1) is 10.4. The van der Waals surface area contributed by atoms with Crippen molar-refractivity contribution in [3.8, 4) is 0 Å². The Labute approximate surface area is 100 Å². The van der Waals surface area contributed by atoms with Crippen LogP contribution in [-0.4, -0.2) is 18.0 Å². The van der Waals surface area contributed by atoms with Gasteiger partial charge in [0.15, 0.2) is 0 Å². The van der Waals surface area contributed by atoms with E-state index in [-0.39, 0.29) is 18.0 Å². The molecule has 0 spiro atoms. The number of thiophene rings is 1. The van der Waals surface area contributed by atoms with E-state index in [2.05, 4.69) is 27.9 Å². The van der Waals surface area contributed by atoms with Gasteiger partial charge in [0.25, 0.3) is 5.91 Å². The van der Waals surface area contributed by atoms with Crippen LogP contribution in [0.1, 0.15) is 23.2 Å². The molecule has 1 heterocycles. The van der Waals surface area contributed by atoms with Crippen LogP contribution in [0.15, 0.2) is 11.4 Å². The van der Waals surface area contributed by atoms with Gasteiger partial charge in [0.05, 0.1) is 8.45 Å². The molecule has 1 amide bonds. The first-order valence-corrected chi connectivity index (χ1v) is 6.41. The number of nitrogens with one attached hydrogen (secondary N) is 1. The topological polar surface area (TPSA) is 55.1 Å². The maximum atomic E-state index is 11.6. The zero-order chi connectivity index (χ0) is 10.1. The van der Waals surface area contributed by atoms with Crippen LogP contribution in [0.25, 0.3) is 0 Å². The molecule has 0 radical (unpaired) electrons. The molecule has 2 rings (SSSR count). The van der Waals surface area contributed by atoms with E-state index in [1.165, 1.54) is 0 Å². The van der Waals surface area contributed by atoms with E-state index < -0.39 is 0 Å². The lowest BCUT2D eigenvalue weighted by atomic mass is 9.87. The van der Waals surface area contributed by atoms with Crippen molar-refractivity contribution in [1.29, 1.82) is 0 Å². The van der Waals surface area contributed by atoms with Crippen molar-refractivity contribution in [3.05, 3.63) is 19.9 Å². The monoisotopic (exact) mass is 322 g/mol. The Morgan fingerprint density at radius 2 is 2.36 bits per heavy atom. The van der Waals surface area contributed by atoms with Crippen LogP contribution in [0, 0.1) is 2.88 Å². The van der Waals surface area contributed by atoms with Gasteiger partial charge >= 0.3 is 0 Å². The summed E-state index contributed by atoms with van der Waals surface area (Å²) in [6, 6.07) is 2.47. The molecule has 0 unspecified atom stereocenters. The smallest absolute Gasteiger partial charge is 0.252 e. The lowest BCUT2D eigenvalue weighted by Crippen LogP contribution is -2.50. The summed E-state index contributed by atoms with van der Waals surface area (Å²) in [5.74, 6) is 0.0288. The summed E-state index contributed by atoms with van der Waals surface area (Å²) in [5, 5.41) is 4.85. The molecule has 1 fully saturated rings. The number of halogens is 1. The van der Waals surface area contributed by atoms with Crippen molar-refractivity contribution in [2.24, 2.45) is 5.73 Å². The highest BCUT2D eigenvalue weighted by molar-refractivity contribution is 14.1. The van der Waals surface area contributed by atoms with Gasteiger partial charge in [-0.3, -0.25) is 4.79 Å². The maximum absolute atomic E-state index is 11.6. The van der Waals surface area contributed by atoms with Crippen molar-refractivity contribution in [1.82, 2.24) is 5.32 Å². The van der Waals surface area contributed by atoms with Gasteiger partial charge in [-0.05, 0) is 41.5 Å². The van der Waals surface area contributed by atoms with Crippen molar-refractivity contribution in [2.45, 2.75) is 24.9 Å². The van der Waals surface area contributed by atoms with E-state index in [1.807, 2.05) is 11.4 Å². The third-order valence-corrected chi connectivity index (χ3v) is 4.13. The van der Waals surface area contributed by atoms with Gasteiger partial charge in [-0.25, -0.2) is 0 Å². The Balaban J connectivity index is 1.90. The third kappa shape index (κ3) is 2.26. The predicted octanol–water partition coefficient (Wildman–Crippen LogP) is 1.57. The number of amides is 1. The number of hydrogen-bond acceptors (Lipinski definition) is 3. The average molecular weight is 322 g/mol. The normalized spacial score (nSPS) is 25.6. The van der Waals surface area contributed by atoms with E-state index >= 15 is 0 Å². The minimum Gasteiger partial charge on any atom is -0.349 e. The van der Waals surface area contributed by atoms with Crippen molar-refractivity contribution < 1.29 is 4.79 Å². The summed E-state index contributed by atoms with van der Waals surface area (Å²) in [6.07, 6.45) is 1.82. The molecule has 1 aliphatic rings. The van der Waals surface area contributed by atoms with E-state index in [4.69, 9.17) is 5.73 Å². The second-order valence-electron chi connectivity index (χ2n) is 3.54. The Bertz CT molecular complexity index is 346. The number of carbonyl (C=O) groups is 1. The third-order valence-electron chi connectivity index (χ3n) is 2.34. The summed E-state index contributed by atoms with van der Waals surface area (Å²) in [6.45, 7) is 0. The molecule has 1 aromatic rings. The molecule has 14 heavy (non-hydrogen) atoms. The molecule has 76 valence electrons. The quantitative estimate of drug-likeness (QED) is 0.812. The average Bonchev–Trinajstić information content (AvgIpc) is 2.49. The molecule has 1 saturated carbocycles. The van der Waals surface area contributed by atoms with Crippen molar-refractivity contribution in [3.63, 3.8) is 0 Å². The van der Waals surface area contributed by atoms with Gasteiger partial charge in [0.2, 0.25) is 0 Å². The van der Waals surface area contributed by atoms with Gasteiger partial charge in [-0.1, -0.05) is 0 Å². The van der Waals surface area contributed by atoms with Gasteiger partial charge in [0, 0.05) is 17.5 Å². The fraction of sp³-hybridized carbons (Fsp3) is 0.444. The predicted molar refractivity (Wildman–Crippen MR) is 65.5 cm³/mol. The first-order valence-electron chi connectivity index (χ1n) is 4.45. The fourth-order valence-corrected chi connectivity index (χ4v) is 2.80. The summed E-state index contributed by atoms with van der Waals surface area (Å²) < 4.78 is 1.14. The van der Waals surface area contributed by atoms with Crippen LogP contribution in [0.2, 0.25) is 0 Å². The first-order chi connectivity index (χ1) is 6.65.